The van der Waals surface area contributed by atoms with Crippen LogP contribution in [-0.4, -0.2) is 77.6 Å². The Kier molecular flexibility index (Phi) is 5.45. The molecule has 2 saturated heterocycles. The van der Waals surface area contributed by atoms with Crippen molar-refractivity contribution < 1.29 is 14.7 Å². The van der Waals surface area contributed by atoms with Gasteiger partial charge in [-0.05, 0) is 45.7 Å². The van der Waals surface area contributed by atoms with E-state index in [1.165, 1.54) is 12.8 Å². The number of aliphatic carboxylic acids is 1. The van der Waals surface area contributed by atoms with Gasteiger partial charge in [0, 0.05) is 32.2 Å². The number of carbonyl (C=O) groups excluding carboxylic acids is 1. The molecule has 0 bridgehead atoms. The zero-order chi connectivity index (χ0) is 15.4. The maximum Gasteiger partial charge on any atom is 0.320 e. The second kappa shape index (κ2) is 7.11. The number of likely N-dealkylation sites (tertiary alicyclic amines) is 2. The van der Waals surface area contributed by atoms with Gasteiger partial charge in [0.2, 0.25) is 0 Å². The molecule has 6 heteroatoms. The lowest BCUT2D eigenvalue weighted by Crippen LogP contribution is -2.56. The lowest BCUT2D eigenvalue weighted by Gasteiger charge is -2.46. The first kappa shape index (κ1) is 16.1. The van der Waals surface area contributed by atoms with Gasteiger partial charge in [-0.2, -0.15) is 0 Å². The van der Waals surface area contributed by atoms with Crippen LogP contribution in [-0.2, 0) is 4.79 Å². The van der Waals surface area contributed by atoms with E-state index in [-0.39, 0.29) is 12.5 Å². The Labute approximate surface area is 126 Å². The minimum absolute atomic E-state index is 0.00502. The summed E-state index contributed by atoms with van der Waals surface area (Å²) in [6.45, 7) is 5.53. The smallest absolute Gasteiger partial charge is 0.320 e. The SMILES string of the molecule is CCN(CCC(=O)O)C(=O)N1CCC2C(CCCN2C)C1. The Morgan fingerprint density at radius 1 is 1.29 bits per heavy atom. The third-order valence-corrected chi connectivity index (χ3v) is 4.86. The number of rotatable bonds is 4. The van der Waals surface area contributed by atoms with Gasteiger partial charge < -0.3 is 19.8 Å². The van der Waals surface area contributed by atoms with Crippen LogP contribution in [0.15, 0.2) is 0 Å². The molecule has 0 radical (unpaired) electrons. The van der Waals surface area contributed by atoms with E-state index in [1.807, 2.05) is 11.8 Å². The Hall–Kier alpha value is -1.30. The van der Waals surface area contributed by atoms with Gasteiger partial charge in [0.1, 0.15) is 0 Å². The highest BCUT2D eigenvalue weighted by Crippen LogP contribution is 2.29. The minimum atomic E-state index is -0.853. The summed E-state index contributed by atoms with van der Waals surface area (Å²) in [4.78, 5) is 29.2. The zero-order valence-electron chi connectivity index (χ0n) is 13.1. The lowest BCUT2D eigenvalue weighted by atomic mass is 9.84. The predicted octanol–water partition coefficient (Wildman–Crippen LogP) is 1.32. The van der Waals surface area contributed by atoms with Crippen LogP contribution >= 0.6 is 0 Å². The van der Waals surface area contributed by atoms with Crippen LogP contribution < -0.4 is 0 Å². The summed E-state index contributed by atoms with van der Waals surface area (Å²) in [7, 11) is 2.18. The molecule has 1 N–H and O–H groups in total. The summed E-state index contributed by atoms with van der Waals surface area (Å²) in [5.74, 6) is -0.284. The van der Waals surface area contributed by atoms with Crippen LogP contribution in [0, 0.1) is 5.92 Å². The summed E-state index contributed by atoms with van der Waals surface area (Å²) >= 11 is 0. The van der Waals surface area contributed by atoms with Gasteiger partial charge in [0.25, 0.3) is 0 Å². The molecule has 2 aliphatic rings. The Balaban J connectivity index is 1.92. The lowest BCUT2D eigenvalue weighted by molar-refractivity contribution is -0.137. The monoisotopic (exact) mass is 297 g/mol. The van der Waals surface area contributed by atoms with E-state index in [0.29, 0.717) is 25.0 Å². The number of nitrogens with zero attached hydrogens (tertiary/aromatic N) is 3. The number of piperidine rings is 2. The van der Waals surface area contributed by atoms with Gasteiger partial charge in [-0.3, -0.25) is 4.79 Å². The minimum Gasteiger partial charge on any atom is -0.481 e. The largest absolute Gasteiger partial charge is 0.481 e. The van der Waals surface area contributed by atoms with Gasteiger partial charge >= 0.3 is 12.0 Å². The Bertz CT molecular complexity index is 388. The van der Waals surface area contributed by atoms with Crippen molar-refractivity contribution in [2.24, 2.45) is 5.92 Å². The number of hydrogen-bond acceptors (Lipinski definition) is 3. The van der Waals surface area contributed by atoms with E-state index in [0.717, 1.165) is 26.1 Å². The molecule has 2 aliphatic heterocycles. The Morgan fingerprint density at radius 2 is 2.05 bits per heavy atom. The molecule has 2 rings (SSSR count). The van der Waals surface area contributed by atoms with E-state index in [2.05, 4.69) is 11.9 Å². The van der Waals surface area contributed by atoms with Crippen molar-refractivity contribution >= 4 is 12.0 Å². The fourth-order valence-corrected chi connectivity index (χ4v) is 3.65. The van der Waals surface area contributed by atoms with Crippen LogP contribution in [0.2, 0.25) is 0 Å². The topological polar surface area (TPSA) is 64.1 Å². The molecule has 0 spiro atoms. The second-order valence-corrected chi connectivity index (χ2v) is 6.19. The van der Waals surface area contributed by atoms with Crippen LogP contribution in [0.1, 0.15) is 32.6 Å². The number of hydrogen-bond donors (Lipinski definition) is 1. The molecular weight excluding hydrogens is 270 g/mol. The van der Waals surface area contributed by atoms with Crippen molar-refractivity contribution in [2.45, 2.75) is 38.6 Å². The maximum absolute atomic E-state index is 12.5. The van der Waals surface area contributed by atoms with E-state index in [1.54, 1.807) is 4.90 Å². The molecule has 0 aromatic rings. The zero-order valence-corrected chi connectivity index (χ0v) is 13.1. The molecule has 6 nitrogen and oxygen atoms in total. The number of fused-ring (bicyclic) bond motifs is 1. The standard InChI is InChI=1S/C15H27N3O3/c1-3-17(10-7-14(19)20)15(21)18-9-6-13-12(11-18)5-4-8-16(13)2/h12-13H,3-11H2,1-2H3,(H,19,20). The first-order valence-electron chi connectivity index (χ1n) is 7.98. The van der Waals surface area contributed by atoms with Crippen LogP contribution in [0.5, 0.6) is 0 Å². The van der Waals surface area contributed by atoms with Crippen LogP contribution in [0.25, 0.3) is 0 Å². The molecule has 0 aromatic heterocycles. The number of carboxylic acid groups (broad SMARTS) is 1. The van der Waals surface area contributed by atoms with E-state index in [4.69, 9.17) is 5.11 Å². The summed E-state index contributed by atoms with van der Waals surface area (Å²) in [5.41, 5.74) is 0. The van der Waals surface area contributed by atoms with E-state index >= 15 is 0 Å². The summed E-state index contributed by atoms with van der Waals surface area (Å²) in [5, 5.41) is 8.78. The molecule has 0 aromatic carbocycles. The van der Waals surface area contributed by atoms with Crippen molar-refractivity contribution in [3.8, 4) is 0 Å². The molecule has 2 fully saturated rings. The highest BCUT2D eigenvalue weighted by Gasteiger charge is 2.36. The fourth-order valence-electron chi connectivity index (χ4n) is 3.65. The number of amides is 2. The summed E-state index contributed by atoms with van der Waals surface area (Å²) in [6.07, 6.45) is 3.45. The molecule has 0 aliphatic carbocycles. The molecule has 2 unspecified atom stereocenters. The molecule has 120 valence electrons. The van der Waals surface area contributed by atoms with E-state index in [9.17, 15) is 9.59 Å². The molecule has 2 atom stereocenters. The van der Waals surface area contributed by atoms with Crippen molar-refractivity contribution in [1.29, 1.82) is 0 Å². The number of carboxylic acids is 1. The average molecular weight is 297 g/mol. The van der Waals surface area contributed by atoms with Gasteiger partial charge in [-0.15, -0.1) is 0 Å². The number of carbonyl (C=O) groups is 2. The second-order valence-electron chi connectivity index (χ2n) is 6.19. The molecule has 0 saturated carbocycles. The van der Waals surface area contributed by atoms with Crippen molar-refractivity contribution in [1.82, 2.24) is 14.7 Å². The summed E-state index contributed by atoms with van der Waals surface area (Å²) < 4.78 is 0. The van der Waals surface area contributed by atoms with Crippen LogP contribution in [0.3, 0.4) is 0 Å². The first-order chi connectivity index (χ1) is 10.0. The van der Waals surface area contributed by atoms with Crippen molar-refractivity contribution in [3.63, 3.8) is 0 Å². The fraction of sp³-hybridized carbons (Fsp3) is 0.867. The third kappa shape index (κ3) is 3.87. The highest BCUT2D eigenvalue weighted by atomic mass is 16.4. The molecule has 21 heavy (non-hydrogen) atoms. The van der Waals surface area contributed by atoms with Crippen molar-refractivity contribution in [3.05, 3.63) is 0 Å². The molecule has 2 amide bonds. The van der Waals surface area contributed by atoms with Gasteiger partial charge in [-0.1, -0.05) is 0 Å². The Morgan fingerprint density at radius 3 is 2.71 bits per heavy atom. The predicted molar refractivity (Wildman–Crippen MR) is 80.2 cm³/mol. The van der Waals surface area contributed by atoms with Crippen LogP contribution in [0.4, 0.5) is 4.79 Å². The average Bonchev–Trinajstić information content (AvgIpc) is 2.47. The quantitative estimate of drug-likeness (QED) is 0.850. The molecule has 2 heterocycles. The highest BCUT2D eigenvalue weighted by molar-refractivity contribution is 5.75. The van der Waals surface area contributed by atoms with E-state index < -0.39 is 5.97 Å². The van der Waals surface area contributed by atoms with Gasteiger partial charge in [0.15, 0.2) is 0 Å². The molecular formula is C15H27N3O3. The number of urea groups is 1. The third-order valence-electron chi connectivity index (χ3n) is 4.86. The van der Waals surface area contributed by atoms with Crippen molar-refractivity contribution in [2.75, 3.05) is 39.8 Å². The summed E-state index contributed by atoms with van der Waals surface area (Å²) in [6, 6.07) is 0.613. The normalized spacial score (nSPS) is 26.3. The van der Waals surface area contributed by atoms with Gasteiger partial charge in [-0.25, -0.2) is 4.79 Å². The van der Waals surface area contributed by atoms with Gasteiger partial charge in [0.05, 0.1) is 6.42 Å². The maximum atomic E-state index is 12.5. The first-order valence-corrected chi connectivity index (χ1v) is 7.98.